The topological polar surface area (TPSA) is 35.6 Å². The Morgan fingerprint density at radius 2 is 1.68 bits per heavy atom. The molecule has 0 bridgehead atoms. The van der Waals surface area contributed by atoms with Gasteiger partial charge in [-0.2, -0.15) is 0 Å². The van der Waals surface area contributed by atoms with E-state index in [2.05, 4.69) is 15.1 Å². The van der Waals surface area contributed by atoms with Crippen molar-refractivity contribution >= 4 is 5.91 Å². The fraction of sp³-hybridized carbons (Fsp3) is 0.933. The number of nitrogens with one attached hydrogen (secondary N) is 1. The minimum atomic E-state index is 0.247. The van der Waals surface area contributed by atoms with E-state index in [9.17, 15) is 4.79 Å². The van der Waals surface area contributed by atoms with Gasteiger partial charge < -0.3 is 15.1 Å². The number of nitrogens with zero attached hydrogens (tertiary/aromatic N) is 2. The Labute approximate surface area is 116 Å². The van der Waals surface area contributed by atoms with E-state index in [-0.39, 0.29) is 5.92 Å². The van der Waals surface area contributed by atoms with Crippen LogP contribution in [0.15, 0.2) is 0 Å². The SMILES string of the molecule is O=C([C@H]1CCCNC1)N1CCC(N2CCCC2)CC1. The standard InChI is InChI=1S/C15H27N3O/c19-15(13-4-3-7-16-12-13)18-10-5-14(6-11-18)17-8-1-2-9-17/h13-14,16H,1-12H2/t13-/m0/s1. The number of piperidine rings is 2. The molecule has 0 aromatic carbocycles. The van der Waals surface area contributed by atoms with Crippen LogP contribution in [0.1, 0.15) is 38.5 Å². The lowest BCUT2D eigenvalue weighted by Crippen LogP contribution is -2.49. The van der Waals surface area contributed by atoms with Crippen molar-refractivity contribution < 1.29 is 4.79 Å². The number of amides is 1. The third-order valence-corrected chi connectivity index (χ3v) is 5.08. The molecule has 0 radical (unpaired) electrons. The van der Waals surface area contributed by atoms with Gasteiger partial charge >= 0.3 is 0 Å². The Bertz CT molecular complexity index is 301. The highest BCUT2D eigenvalue weighted by molar-refractivity contribution is 5.79. The molecule has 1 N–H and O–H groups in total. The fourth-order valence-corrected chi connectivity index (χ4v) is 3.88. The number of rotatable bonds is 2. The highest BCUT2D eigenvalue weighted by Crippen LogP contribution is 2.23. The molecule has 108 valence electrons. The van der Waals surface area contributed by atoms with Gasteiger partial charge in [0.05, 0.1) is 5.92 Å². The summed E-state index contributed by atoms with van der Waals surface area (Å²) in [5.41, 5.74) is 0. The molecule has 1 amide bonds. The molecule has 0 aliphatic carbocycles. The Morgan fingerprint density at radius 1 is 0.947 bits per heavy atom. The number of hydrogen-bond acceptors (Lipinski definition) is 3. The van der Waals surface area contributed by atoms with E-state index in [1.807, 2.05) is 0 Å². The smallest absolute Gasteiger partial charge is 0.226 e. The van der Waals surface area contributed by atoms with Crippen LogP contribution in [0, 0.1) is 5.92 Å². The third kappa shape index (κ3) is 3.11. The minimum absolute atomic E-state index is 0.247. The predicted molar refractivity (Wildman–Crippen MR) is 76.0 cm³/mol. The van der Waals surface area contributed by atoms with Crippen molar-refractivity contribution in [3.05, 3.63) is 0 Å². The average Bonchev–Trinajstić information content (AvgIpc) is 3.02. The first-order valence-corrected chi connectivity index (χ1v) is 8.08. The van der Waals surface area contributed by atoms with E-state index in [4.69, 9.17) is 0 Å². The normalized spacial score (nSPS) is 30.7. The van der Waals surface area contributed by atoms with Crippen LogP contribution in [-0.2, 0) is 4.79 Å². The van der Waals surface area contributed by atoms with Crippen molar-refractivity contribution in [3.8, 4) is 0 Å². The maximum absolute atomic E-state index is 12.5. The van der Waals surface area contributed by atoms with Gasteiger partial charge in [-0.15, -0.1) is 0 Å². The van der Waals surface area contributed by atoms with Crippen LogP contribution in [0.3, 0.4) is 0 Å². The molecule has 0 spiro atoms. The number of carbonyl (C=O) groups excluding carboxylic acids is 1. The number of carbonyl (C=O) groups is 1. The van der Waals surface area contributed by atoms with Gasteiger partial charge in [0.25, 0.3) is 0 Å². The molecule has 3 aliphatic rings. The highest BCUT2D eigenvalue weighted by atomic mass is 16.2. The largest absolute Gasteiger partial charge is 0.342 e. The minimum Gasteiger partial charge on any atom is -0.342 e. The van der Waals surface area contributed by atoms with E-state index < -0.39 is 0 Å². The van der Waals surface area contributed by atoms with Crippen LogP contribution in [0.25, 0.3) is 0 Å². The summed E-state index contributed by atoms with van der Waals surface area (Å²) in [6.45, 7) is 6.51. The van der Waals surface area contributed by atoms with Crippen molar-refractivity contribution in [2.75, 3.05) is 39.3 Å². The summed E-state index contributed by atoms with van der Waals surface area (Å²) in [6.07, 6.45) is 7.34. The molecule has 0 saturated carbocycles. The second-order valence-corrected chi connectivity index (χ2v) is 6.34. The molecule has 19 heavy (non-hydrogen) atoms. The zero-order valence-electron chi connectivity index (χ0n) is 11.9. The first-order chi connectivity index (χ1) is 9.34. The van der Waals surface area contributed by atoms with Gasteiger partial charge in [-0.05, 0) is 58.2 Å². The summed E-state index contributed by atoms with van der Waals surface area (Å²) < 4.78 is 0. The molecule has 4 heteroatoms. The van der Waals surface area contributed by atoms with Gasteiger partial charge in [0, 0.05) is 25.7 Å². The van der Waals surface area contributed by atoms with Crippen LogP contribution < -0.4 is 5.32 Å². The van der Waals surface area contributed by atoms with Crippen LogP contribution in [0.5, 0.6) is 0 Å². The summed E-state index contributed by atoms with van der Waals surface area (Å²) in [4.78, 5) is 17.2. The van der Waals surface area contributed by atoms with Crippen LogP contribution in [-0.4, -0.2) is 61.0 Å². The predicted octanol–water partition coefficient (Wildman–Crippen LogP) is 1.07. The number of likely N-dealkylation sites (tertiary alicyclic amines) is 2. The van der Waals surface area contributed by atoms with Crippen molar-refractivity contribution in [2.45, 2.75) is 44.6 Å². The van der Waals surface area contributed by atoms with E-state index in [1.54, 1.807) is 0 Å². The zero-order valence-corrected chi connectivity index (χ0v) is 11.9. The maximum Gasteiger partial charge on any atom is 0.226 e. The van der Waals surface area contributed by atoms with Crippen LogP contribution in [0.4, 0.5) is 0 Å². The van der Waals surface area contributed by atoms with Gasteiger partial charge in [0.2, 0.25) is 5.91 Å². The van der Waals surface area contributed by atoms with E-state index in [1.165, 1.54) is 38.8 Å². The third-order valence-electron chi connectivity index (χ3n) is 5.08. The van der Waals surface area contributed by atoms with E-state index in [0.29, 0.717) is 5.91 Å². The molecule has 0 aromatic rings. The molecule has 0 aromatic heterocycles. The second-order valence-electron chi connectivity index (χ2n) is 6.34. The van der Waals surface area contributed by atoms with Crippen LogP contribution >= 0.6 is 0 Å². The molecule has 0 unspecified atom stereocenters. The van der Waals surface area contributed by atoms with Crippen molar-refractivity contribution in [3.63, 3.8) is 0 Å². The highest BCUT2D eigenvalue weighted by Gasteiger charge is 2.31. The van der Waals surface area contributed by atoms with Crippen molar-refractivity contribution in [1.29, 1.82) is 0 Å². The Balaban J connectivity index is 1.47. The molecule has 3 heterocycles. The summed E-state index contributed by atoms with van der Waals surface area (Å²) in [5, 5.41) is 3.35. The van der Waals surface area contributed by atoms with Gasteiger partial charge in [-0.3, -0.25) is 4.79 Å². The zero-order chi connectivity index (χ0) is 13.1. The van der Waals surface area contributed by atoms with Gasteiger partial charge in [0.15, 0.2) is 0 Å². The summed E-state index contributed by atoms with van der Waals surface area (Å²) in [6, 6.07) is 0.746. The lowest BCUT2D eigenvalue weighted by Gasteiger charge is -2.38. The lowest BCUT2D eigenvalue weighted by molar-refractivity contribution is -0.137. The quantitative estimate of drug-likeness (QED) is 0.811. The van der Waals surface area contributed by atoms with Gasteiger partial charge in [-0.1, -0.05) is 0 Å². The molecular formula is C15H27N3O. The molecular weight excluding hydrogens is 238 g/mol. The molecule has 3 rings (SSSR count). The van der Waals surface area contributed by atoms with Crippen molar-refractivity contribution in [1.82, 2.24) is 15.1 Å². The summed E-state index contributed by atoms with van der Waals surface area (Å²) in [5.74, 6) is 0.657. The summed E-state index contributed by atoms with van der Waals surface area (Å²) >= 11 is 0. The molecule has 4 nitrogen and oxygen atoms in total. The first kappa shape index (κ1) is 13.4. The van der Waals surface area contributed by atoms with E-state index >= 15 is 0 Å². The first-order valence-electron chi connectivity index (χ1n) is 8.08. The second kappa shape index (κ2) is 6.23. The van der Waals surface area contributed by atoms with Gasteiger partial charge in [-0.25, -0.2) is 0 Å². The Hall–Kier alpha value is -0.610. The van der Waals surface area contributed by atoms with E-state index in [0.717, 1.165) is 45.1 Å². The molecule has 3 fully saturated rings. The average molecular weight is 265 g/mol. The van der Waals surface area contributed by atoms with Gasteiger partial charge in [0.1, 0.15) is 0 Å². The fourth-order valence-electron chi connectivity index (χ4n) is 3.88. The molecule has 3 aliphatic heterocycles. The molecule has 3 saturated heterocycles. The monoisotopic (exact) mass is 265 g/mol. The maximum atomic E-state index is 12.5. The lowest BCUT2D eigenvalue weighted by atomic mass is 9.96. The molecule has 1 atom stereocenters. The Kier molecular flexibility index (Phi) is 4.38. The summed E-state index contributed by atoms with van der Waals surface area (Å²) in [7, 11) is 0. The van der Waals surface area contributed by atoms with Crippen molar-refractivity contribution in [2.24, 2.45) is 5.92 Å². The Morgan fingerprint density at radius 3 is 2.32 bits per heavy atom. The van der Waals surface area contributed by atoms with Crippen LogP contribution in [0.2, 0.25) is 0 Å². The number of hydrogen-bond donors (Lipinski definition) is 1.